The summed E-state index contributed by atoms with van der Waals surface area (Å²) in [6.07, 6.45) is 2.71. The first-order valence-electron chi connectivity index (χ1n) is 4.81. The summed E-state index contributed by atoms with van der Waals surface area (Å²) in [5, 5.41) is 8.47. The Morgan fingerprint density at radius 3 is 2.06 bits per heavy atom. The Labute approximate surface area is 117 Å². The zero-order chi connectivity index (χ0) is 13.5. The van der Waals surface area contributed by atoms with Crippen LogP contribution in [0.15, 0.2) is 47.3 Å². The number of nitrogens with two attached hydrogens (primary N) is 1. The molecule has 2 rings (SSSR count). The lowest BCUT2D eigenvalue weighted by atomic mass is 10.2. The first-order chi connectivity index (χ1) is 8.50. The second-order valence-corrected chi connectivity index (χ2v) is 4.43. The predicted molar refractivity (Wildman–Crippen MR) is 73.3 cm³/mol. The number of halogens is 1. The first-order valence-corrected chi connectivity index (χ1v) is 5.89. The summed E-state index contributed by atoms with van der Waals surface area (Å²) in [5.41, 5.74) is 5.60. The molecule has 1 heterocycles. The van der Waals surface area contributed by atoms with Gasteiger partial charge in [-0.2, -0.15) is 0 Å². The molecule has 2 aromatic rings. The molecule has 0 aliphatic heterocycles. The number of carbonyl (C=O) groups is 2. The molecule has 0 aliphatic carbocycles. The minimum Gasteiger partial charge on any atom is -0.478 e. The van der Waals surface area contributed by atoms with E-state index in [-0.39, 0.29) is 0 Å². The molecular formula is C12H10INO4. The number of hydrogen-bond acceptors (Lipinski definition) is 3. The molecule has 94 valence electrons. The fraction of sp³-hybridized carbons (Fsp3) is 0. The summed E-state index contributed by atoms with van der Waals surface area (Å²) < 4.78 is 5.62. The Bertz CT molecular complexity index is 520. The Morgan fingerprint density at radius 1 is 1.11 bits per heavy atom. The summed E-state index contributed by atoms with van der Waals surface area (Å²) in [7, 11) is 0. The Kier molecular flexibility index (Phi) is 5.37. The minimum absolute atomic E-state index is 0.334. The van der Waals surface area contributed by atoms with Crippen LogP contribution in [-0.4, -0.2) is 17.0 Å². The average molecular weight is 359 g/mol. The molecule has 0 unspecified atom stereocenters. The van der Waals surface area contributed by atoms with E-state index in [4.69, 9.17) is 10.8 Å². The number of carbonyl (C=O) groups excluding carboxylic acids is 1. The second kappa shape index (κ2) is 6.80. The highest BCUT2D eigenvalue weighted by Crippen LogP contribution is 2.05. The van der Waals surface area contributed by atoms with E-state index in [1.165, 1.54) is 18.6 Å². The van der Waals surface area contributed by atoms with Gasteiger partial charge in [-0.1, -0.05) is 0 Å². The molecule has 1 amide bonds. The van der Waals surface area contributed by atoms with Crippen LogP contribution >= 0.6 is 22.6 Å². The Balaban J connectivity index is 0.000000184. The number of furan rings is 1. The summed E-state index contributed by atoms with van der Waals surface area (Å²) in [4.78, 5) is 20.5. The van der Waals surface area contributed by atoms with Crippen molar-refractivity contribution in [1.82, 2.24) is 0 Å². The van der Waals surface area contributed by atoms with E-state index in [0.717, 1.165) is 3.57 Å². The van der Waals surface area contributed by atoms with Crippen molar-refractivity contribution in [3.63, 3.8) is 0 Å². The van der Waals surface area contributed by atoms with Gasteiger partial charge < -0.3 is 15.3 Å². The third kappa shape index (κ3) is 4.58. The average Bonchev–Trinajstić information content (AvgIpc) is 2.84. The molecule has 0 fully saturated rings. The molecule has 0 spiro atoms. The van der Waals surface area contributed by atoms with Gasteiger partial charge in [0.25, 0.3) is 5.91 Å². The van der Waals surface area contributed by atoms with E-state index in [9.17, 15) is 9.59 Å². The van der Waals surface area contributed by atoms with Crippen LogP contribution in [0.5, 0.6) is 0 Å². The fourth-order valence-corrected chi connectivity index (χ4v) is 1.36. The van der Waals surface area contributed by atoms with Gasteiger partial charge in [0.1, 0.15) is 6.26 Å². The number of amides is 1. The van der Waals surface area contributed by atoms with E-state index in [1.807, 2.05) is 0 Å². The second-order valence-electron chi connectivity index (χ2n) is 3.19. The molecule has 0 saturated carbocycles. The molecule has 1 aromatic heterocycles. The van der Waals surface area contributed by atoms with Gasteiger partial charge in [-0.15, -0.1) is 0 Å². The fourth-order valence-electron chi connectivity index (χ4n) is 0.997. The van der Waals surface area contributed by atoms with Crippen LogP contribution in [0.2, 0.25) is 0 Å². The summed E-state index contributed by atoms with van der Waals surface area (Å²) in [6.45, 7) is 0. The van der Waals surface area contributed by atoms with Crippen molar-refractivity contribution in [2.45, 2.75) is 0 Å². The molecule has 0 radical (unpaired) electrons. The Morgan fingerprint density at radius 2 is 1.72 bits per heavy atom. The van der Waals surface area contributed by atoms with E-state index < -0.39 is 11.9 Å². The standard InChI is InChI=1S/C7H5IO2.C5H5NO2/c8-6-3-1-5(2-4-6)7(9)10;6-5(7)4-1-2-8-3-4/h1-4H,(H,9,10);1-3H,(H2,6,7). The van der Waals surface area contributed by atoms with Gasteiger partial charge in [-0.3, -0.25) is 4.79 Å². The van der Waals surface area contributed by atoms with Crippen molar-refractivity contribution in [1.29, 1.82) is 0 Å². The molecule has 18 heavy (non-hydrogen) atoms. The van der Waals surface area contributed by atoms with Crippen LogP contribution in [0, 0.1) is 3.57 Å². The summed E-state index contributed by atoms with van der Waals surface area (Å²) in [6, 6.07) is 8.23. The molecule has 0 atom stereocenters. The van der Waals surface area contributed by atoms with Gasteiger partial charge >= 0.3 is 5.97 Å². The van der Waals surface area contributed by atoms with Gasteiger partial charge in [0.15, 0.2) is 0 Å². The lowest BCUT2D eigenvalue weighted by Gasteiger charge is -1.91. The highest BCUT2D eigenvalue weighted by atomic mass is 127. The molecule has 0 saturated heterocycles. The van der Waals surface area contributed by atoms with Crippen LogP contribution in [-0.2, 0) is 0 Å². The van der Waals surface area contributed by atoms with E-state index in [2.05, 4.69) is 27.0 Å². The van der Waals surface area contributed by atoms with Crippen molar-refractivity contribution in [2.75, 3.05) is 0 Å². The lowest BCUT2D eigenvalue weighted by Crippen LogP contribution is -2.08. The summed E-state index contributed by atoms with van der Waals surface area (Å²) in [5.74, 6) is -1.34. The Hall–Kier alpha value is -1.83. The number of benzene rings is 1. The third-order valence-corrected chi connectivity index (χ3v) is 2.62. The SMILES string of the molecule is NC(=O)c1ccoc1.O=C(O)c1ccc(I)cc1. The van der Waals surface area contributed by atoms with Crippen LogP contribution in [0.25, 0.3) is 0 Å². The topological polar surface area (TPSA) is 93.5 Å². The molecule has 5 nitrogen and oxygen atoms in total. The van der Waals surface area contributed by atoms with Gasteiger partial charge in [-0.05, 0) is 52.9 Å². The molecule has 1 aromatic carbocycles. The number of hydrogen-bond donors (Lipinski definition) is 2. The van der Waals surface area contributed by atoms with E-state index in [0.29, 0.717) is 11.1 Å². The smallest absolute Gasteiger partial charge is 0.335 e. The van der Waals surface area contributed by atoms with Gasteiger partial charge in [0.2, 0.25) is 0 Å². The third-order valence-electron chi connectivity index (χ3n) is 1.90. The maximum Gasteiger partial charge on any atom is 0.335 e. The van der Waals surface area contributed by atoms with Crippen molar-refractivity contribution in [3.05, 3.63) is 57.6 Å². The number of primary amides is 1. The zero-order valence-corrected chi connectivity index (χ0v) is 11.3. The van der Waals surface area contributed by atoms with Crippen molar-refractivity contribution >= 4 is 34.5 Å². The van der Waals surface area contributed by atoms with Crippen LogP contribution in [0.3, 0.4) is 0 Å². The van der Waals surface area contributed by atoms with Crippen molar-refractivity contribution in [2.24, 2.45) is 5.73 Å². The lowest BCUT2D eigenvalue weighted by molar-refractivity contribution is 0.0696. The molecule has 6 heteroatoms. The molecular weight excluding hydrogens is 349 g/mol. The van der Waals surface area contributed by atoms with Crippen molar-refractivity contribution in [3.8, 4) is 0 Å². The van der Waals surface area contributed by atoms with Crippen LogP contribution in [0.4, 0.5) is 0 Å². The van der Waals surface area contributed by atoms with Crippen LogP contribution < -0.4 is 5.73 Å². The molecule has 3 N–H and O–H groups in total. The number of carboxylic acids is 1. The van der Waals surface area contributed by atoms with E-state index in [1.54, 1.807) is 24.3 Å². The highest BCUT2D eigenvalue weighted by molar-refractivity contribution is 14.1. The molecule has 0 aliphatic rings. The van der Waals surface area contributed by atoms with E-state index >= 15 is 0 Å². The largest absolute Gasteiger partial charge is 0.478 e. The monoisotopic (exact) mass is 359 g/mol. The summed E-state index contributed by atoms with van der Waals surface area (Å²) >= 11 is 2.13. The maximum absolute atomic E-state index is 10.3. The van der Waals surface area contributed by atoms with Crippen LogP contribution in [0.1, 0.15) is 20.7 Å². The van der Waals surface area contributed by atoms with Crippen molar-refractivity contribution < 1.29 is 19.1 Å². The maximum atomic E-state index is 10.3. The normalized spacial score (nSPS) is 9.17. The minimum atomic E-state index is -0.878. The molecule has 0 bridgehead atoms. The number of aromatic carboxylic acids is 1. The quantitative estimate of drug-likeness (QED) is 0.805. The first kappa shape index (κ1) is 14.2. The van der Waals surface area contributed by atoms with Gasteiger partial charge in [0, 0.05) is 3.57 Å². The number of carboxylic acid groups (broad SMARTS) is 1. The number of rotatable bonds is 2. The van der Waals surface area contributed by atoms with Gasteiger partial charge in [-0.25, -0.2) is 4.79 Å². The zero-order valence-electron chi connectivity index (χ0n) is 9.17. The predicted octanol–water partition coefficient (Wildman–Crippen LogP) is 2.37. The highest BCUT2D eigenvalue weighted by Gasteiger charge is 1.99. The van der Waals surface area contributed by atoms with Gasteiger partial charge in [0.05, 0.1) is 17.4 Å².